The summed E-state index contributed by atoms with van der Waals surface area (Å²) in [7, 11) is 0. The SMILES string of the molecule is CC(C)Cc1ccc(-c2ccc(C(C)(C)C)cn2)cc1. The molecule has 0 unspecified atom stereocenters. The highest BCUT2D eigenvalue weighted by atomic mass is 14.7. The minimum atomic E-state index is 0.159. The highest BCUT2D eigenvalue weighted by Gasteiger charge is 2.13. The van der Waals surface area contributed by atoms with Crippen LogP contribution in [0.25, 0.3) is 11.3 Å². The predicted molar refractivity (Wildman–Crippen MR) is 86.9 cm³/mol. The van der Waals surface area contributed by atoms with Gasteiger partial charge in [0.05, 0.1) is 5.69 Å². The minimum absolute atomic E-state index is 0.159. The van der Waals surface area contributed by atoms with E-state index in [-0.39, 0.29) is 5.41 Å². The summed E-state index contributed by atoms with van der Waals surface area (Å²) in [4.78, 5) is 4.61. The minimum Gasteiger partial charge on any atom is -0.256 e. The van der Waals surface area contributed by atoms with Crippen molar-refractivity contribution < 1.29 is 0 Å². The molecular weight excluding hydrogens is 242 g/mol. The molecule has 106 valence electrons. The number of rotatable bonds is 3. The van der Waals surface area contributed by atoms with Crippen LogP contribution in [0.15, 0.2) is 42.6 Å². The van der Waals surface area contributed by atoms with Crippen molar-refractivity contribution in [2.45, 2.75) is 46.5 Å². The molecular formula is C19H25N. The fourth-order valence-corrected chi connectivity index (χ4v) is 2.29. The van der Waals surface area contributed by atoms with Crippen molar-refractivity contribution in [3.05, 3.63) is 53.7 Å². The van der Waals surface area contributed by atoms with Crippen LogP contribution in [0.4, 0.5) is 0 Å². The van der Waals surface area contributed by atoms with E-state index in [2.05, 4.69) is 76.0 Å². The second-order valence-corrected chi connectivity index (χ2v) is 6.98. The molecule has 2 rings (SSSR count). The Labute approximate surface area is 123 Å². The van der Waals surface area contributed by atoms with Crippen molar-refractivity contribution in [3.8, 4) is 11.3 Å². The van der Waals surface area contributed by atoms with Gasteiger partial charge in [0.2, 0.25) is 0 Å². The van der Waals surface area contributed by atoms with E-state index < -0.39 is 0 Å². The summed E-state index contributed by atoms with van der Waals surface area (Å²) in [5.41, 5.74) is 5.08. The molecule has 0 radical (unpaired) electrons. The van der Waals surface area contributed by atoms with Crippen molar-refractivity contribution in [1.82, 2.24) is 4.98 Å². The zero-order valence-electron chi connectivity index (χ0n) is 13.3. The van der Waals surface area contributed by atoms with Crippen LogP contribution in [-0.4, -0.2) is 4.98 Å². The number of nitrogens with zero attached hydrogens (tertiary/aromatic N) is 1. The first-order valence-electron chi connectivity index (χ1n) is 7.42. The van der Waals surface area contributed by atoms with Gasteiger partial charge in [0.25, 0.3) is 0 Å². The largest absolute Gasteiger partial charge is 0.256 e. The molecule has 0 bridgehead atoms. The van der Waals surface area contributed by atoms with Crippen molar-refractivity contribution in [2.24, 2.45) is 5.92 Å². The van der Waals surface area contributed by atoms with Gasteiger partial charge < -0.3 is 0 Å². The van der Waals surface area contributed by atoms with Crippen LogP contribution in [0.2, 0.25) is 0 Å². The van der Waals surface area contributed by atoms with Gasteiger partial charge in [-0.3, -0.25) is 4.98 Å². The van der Waals surface area contributed by atoms with Crippen molar-refractivity contribution >= 4 is 0 Å². The maximum atomic E-state index is 4.61. The van der Waals surface area contributed by atoms with Gasteiger partial charge in [0, 0.05) is 11.8 Å². The van der Waals surface area contributed by atoms with E-state index in [0.29, 0.717) is 5.92 Å². The molecule has 1 heterocycles. The molecule has 0 aliphatic carbocycles. The quantitative estimate of drug-likeness (QED) is 0.740. The number of hydrogen-bond donors (Lipinski definition) is 0. The van der Waals surface area contributed by atoms with Crippen LogP contribution in [0.1, 0.15) is 45.7 Å². The number of aromatic nitrogens is 1. The van der Waals surface area contributed by atoms with E-state index in [0.717, 1.165) is 12.1 Å². The molecule has 1 aromatic heterocycles. The first kappa shape index (κ1) is 14.8. The first-order chi connectivity index (χ1) is 9.36. The summed E-state index contributed by atoms with van der Waals surface area (Å²) in [5, 5.41) is 0. The zero-order chi connectivity index (χ0) is 14.8. The molecule has 0 saturated carbocycles. The second-order valence-electron chi connectivity index (χ2n) is 6.98. The van der Waals surface area contributed by atoms with Gasteiger partial charge in [-0.05, 0) is 34.9 Å². The van der Waals surface area contributed by atoms with Gasteiger partial charge >= 0.3 is 0 Å². The third-order valence-electron chi connectivity index (χ3n) is 3.52. The van der Waals surface area contributed by atoms with Gasteiger partial charge in [0.1, 0.15) is 0 Å². The Balaban J connectivity index is 2.19. The summed E-state index contributed by atoms with van der Waals surface area (Å²) >= 11 is 0. The predicted octanol–water partition coefficient (Wildman–Crippen LogP) is 5.24. The van der Waals surface area contributed by atoms with E-state index in [1.165, 1.54) is 16.7 Å². The normalized spacial score (nSPS) is 11.9. The smallest absolute Gasteiger partial charge is 0.0702 e. The van der Waals surface area contributed by atoms with Crippen LogP contribution in [0.5, 0.6) is 0 Å². The monoisotopic (exact) mass is 267 g/mol. The molecule has 20 heavy (non-hydrogen) atoms. The fourth-order valence-electron chi connectivity index (χ4n) is 2.29. The molecule has 1 nitrogen and oxygen atoms in total. The lowest BCUT2D eigenvalue weighted by molar-refractivity contribution is 0.587. The van der Waals surface area contributed by atoms with Gasteiger partial charge in [-0.2, -0.15) is 0 Å². The lowest BCUT2D eigenvalue weighted by Gasteiger charge is -2.18. The number of pyridine rings is 1. The number of hydrogen-bond acceptors (Lipinski definition) is 1. The summed E-state index contributed by atoms with van der Waals surface area (Å²) in [6, 6.07) is 13.1. The first-order valence-corrected chi connectivity index (χ1v) is 7.42. The van der Waals surface area contributed by atoms with Crippen LogP contribution >= 0.6 is 0 Å². The van der Waals surface area contributed by atoms with Crippen molar-refractivity contribution in [1.29, 1.82) is 0 Å². The molecule has 2 aromatic rings. The van der Waals surface area contributed by atoms with Gasteiger partial charge in [0.15, 0.2) is 0 Å². The Bertz CT molecular complexity index is 542. The standard InChI is InChI=1S/C19H25N/c1-14(2)12-15-6-8-16(9-7-15)18-11-10-17(13-20-18)19(3,4)5/h6-11,13-14H,12H2,1-5H3. The zero-order valence-corrected chi connectivity index (χ0v) is 13.3. The Hall–Kier alpha value is -1.63. The van der Waals surface area contributed by atoms with Crippen LogP contribution in [0.3, 0.4) is 0 Å². The maximum Gasteiger partial charge on any atom is 0.0702 e. The molecule has 0 aliphatic rings. The van der Waals surface area contributed by atoms with Gasteiger partial charge in [-0.15, -0.1) is 0 Å². The molecule has 1 aromatic carbocycles. The summed E-state index contributed by atoms with van der Waals surface area (Å²) < 4.78 is 0. The number of benzene rings is 1. The second kappa shape index (κ2) is 5.78. The third kappa shape index (κ3) is 3.69. The molecule has 0 amide bonds. The van der Waals surface area contributed by atoms with E-state index in [1.807, 2.05) is 6.20 Å². The maximum absolute atomic E-state index is 4.61. The Morgan fingerprint density at radius 1 is 0.950 bits per heavy atom. The van der Waals surface area contributed by atoms with E-state index >= 15 is 0 Å². The summed E-state index contributed by atoms with van der Waals surface area (Å²) in [6.07, 6.45) is 3.13. The Morgan fingerprint density at radius 2 is 1.60 bits per heavy atom. The van der Waals surface area contributed by atoms with Crippen LogP contribution in [-0.2, 0) is 11.8 Å². The lowest BCUT2D eigenvalue weighted by Crippen LogP contribution is -2.11. The Morgan fingerprint density at radius 3 is 2.05 bits per heavy atom. The van der Waals surface area contributed by atoms with Crippen LogP contribution in [0, 0.1) is 5.92 Å². The van der Waals surface area contributed by atoms with E-state index in [9.17, 15) is 0 Å². The summed E-state index contributed by atoms with van der Waals surface area (Å²) in [6.45, 7) is 11.1. The summed E-state index contributed by atoms with van der Waals surface area (Å²) in [5.74, 6) is 0.699. The van der Waals surface area contributed by atoms with E-state index in [4.69, 9.17) is 0 Å². The Kier molecular flexibility index (Phi) is 4.27. The van der Waals surface area contributed by atoms with Crippen LogP contribution < -0.4 is 0 Å². The lowest BCUT2D eigenvalue weighted by atomic mass is 9.88. The van der Waals surface area contributed by atoms with Gasteiger partial charge in [-0.25, -0.2) is 0 Å². The molecule has 0 saturated heterocycles. The highest BCUT2D eigenvalue weighted by molar-refractivity contribution is 5.59. The average molecular weight is 267 g/mol. The molecule has 1 heteroatoms. The van der Waals surface area contributed by atoms with Crippen molar-refractivity contribution in [2.75, 3.05) is 0 Å². The third-order valence-corrected chi connectivity index (χ3v) is 3.52. The molecule has 0 spiro atoms. The molecule has 0 fully saturated rings. The van der Waals surface area contributed by atoms with Crippen molar-refractivity contribution in [3.63, 3.8) is 0 Å². The topological polar surface area (TPSA) is 12.9 Å². The fraction of sp³-hybridized carbons (Fsp3) is 0.421. The molecule has 0 atom stereocenters. The van der Waals surface area contributed by atoms with E-state index in [1.54, 1.807) is 0 Å². The molecule has 0 aliphatic heterocycles. The average Bonchev–Trinajstić information content (AvgIpc) is 2.38. The highest BCUT2D eigenvalue weighted by Crippen LogP contribution is 2.24. The van der Waals surface area contributed by atoms with Gasteiger partial charge in [-0.1, -0.05) is 65.0 Å². The molecule has 0 N–H and O–H groups in total.